The van der Waals surface area contributed by atoms with E-state index in [0.717, 1.165) is 54.1 Å². The van der Waals surface area contributed by atoms with E-state index in [1.54, 1.807) is 17.2 Å². The van der Waals surface area contributed by atoms with Gasteiger partial charge in [0.15, 0.2) is 5.82 Å². The summed E-state index contributed by atoms with van der Waals surface area (Å²) in [4.78, 5) is 45.5. The maximum atomic E-state index is 13.0. The Morgan fingerprint density at radius 1 is 1.08 bits per heavy atom. The number of fused-ring (bicyclic) bond motifs is 2. The van der Waals surface area contributed by atoms with Crippen molar-refractivity contribution in [3.05, 3.63) is 59.0 Å². The normalized spacial score (nSPS) is 20.4. The summed E-state index contributed by atoms with van der Waals surface area (Å²) < 4.78 is 1.87. The van der Waals surface area contributed by atoms with E-state index in [2.05, 4.69) is 27.2 Å². The molecule has 1 unspecified atom stereocenters. The van der Waals surface area contributed by atoms with Crippen molar-refractivity contribution in [3.63, 3.8) is 0 Å². The Kier molecular flexibility index (Phi) is 5.44. The zero-order valence-electron chi connectivity index (χ0n) is 20.0. The smallest absolute Gasteiger partial charge is 0.255 e. The molecular formula is C27H26N6O3. The number of hydrogen-bond donors (Lipinski definition) is 1. The van der Waals surface area contributed by atoms with E-state index in [9.17, 15) is 14.4 Å². The number of imide groups is 1. The van der Waals surface area contributed by atoms with E-state index in [-0.39, 0.29) is 24.2 Å². The number of hydrogen-bond acceptors (Lipinski definition) is 6. The topological polar surface area (TPSA) is 99.9 Å². The Balaban J connectivity index is 1.16. The van der Waals surface area contributed by atoms with Gasteiger partial charge in [0.25, 0.3) is 5.91 Å². The summed E-state index contributed by atoms with van der Waals surface area (Å²) in [6.45, 7) is 4.05. The van der Waals surface area contributed by atoms with Crippen LogP contribution in [0.1, 0.15) is 52.9 Å². The molecule has 1 aromatic carbocycles. The fraction of sp³-hybridized carbons (Fsp3) is 0.370. The number of aryl methyl sites for hydroxylation is 1. The van der Waals surface area contributed by atoms with Crippen LogP contribution < -0.4 is 10.2 Å². The lowest BCUT2D eigenvalue weighted by Gasteiger charge is -2.31. The monoisotopic (exact) mass is 482 g/mol. The van der Waals surface area contributed by atoms with Crippen molar-refractivity contribution in [3.8, 4) is 11.8 Å². The van der Waals surface area contributed by atoms with Crippen molar-refractivity contribution in [2.75, 3.05) is 18.0 Å². The Bertz CT molecular complexity index is 1460. The summed E-state index contributed by atoms with van der Waals surface area (Å²) in [5, 5.41) is 6.70. The molecule has 6 rings (SSSR count). The summed E-state index contributed by atoms with van der Waals surface area (Å²) in [6, 6.07) is 6.94. The third-order valence-corrected chi connectivity index (χ3v) is 7.28. The molecule has 1 N–H and O–H groups in total. The third kappa shape index (κ3) is 3.88. The zero-order chi connectivity index (χ0) is 24.8. The van der Waals surface area contributed by atoms with Crippen LogP contribution in [0.3, 0.4) is 0 Å². The molecule has 2 saturated heterocycles. The predicted octanol–water partition coefficient (Wildman–Crippen LogP) is 2.07. The van der Waals surface area contributed by atoms with Gasteiger partial charge >= 0.3 is 0 Å². The first-order valence-corrected chi connectivity index (χ1v) is 12.3. The van der Waals surface area contributed by atoms with Crippen LogP contribution in [0.4, 0.5) is 5.82 Å². The number of carbonyl (C=O) groups is 3. The highest BCUT2D eigenvalue weighted by atomic mass is 16.2. The quantitative estimate of drug-likeness (QED) is 0.444. The molecule has 1 atom stereocenters. The van der Waals surface area contributed by atoms with Gasteiger partial charge in [-0.25, -0.2) is 9.50 Å². The van der Waals surface area contributed by atoms with Crippen molar-refractivity contribution in [2.45, 2.75) is 45.2 Å². The van der Waals surface area contributed by atoms with Gasteiger partial charge in [-0.3, -0.25) is 19.7 Å². The molecule has 3 aromatic rings. The van der Waals surface area contributed by atoms with Crippen LogP contribution in [0.2, 0.25) is 0 Å². The highest BCUT2D eigenvalue weighted by Crippen LogP contribution is 2.30. The minimum absolute atomic E-state index is 0.173. The van der Waals surface area contributed by atoms with Gasteiger partial charge in [-0.1, -0.05) is 17.9 Å². The van der Waals surface area contributed by atoms with Crippen LogP contribution in [0.5, 0.6) is 0 Å². The highest BCUT2D eigenvalue weighted by Gasteiger charge is 2.39. The number of piperidine rings is 2. The first-order valence-electron chi connectivity index (χ1n) is 12.3. The minimum Gasteiger partial charge on any atom is -0.355 e. The van der Waals surface area contributed by atoms with Gasteiger partial charge in [-0.15, -0.1) is 0 Å². The van der Waals surface area contributed by atoms with E-state index in [0.29, 0.717) is 18.5 Å². The lowest BCUT2D eigenvalue weighted by atomic mass is 9.96. The van der Waals surface area contributed by atoms with Crippen LogP contribution in [-0.4, -0.2) is 56.4 Å². The third-order valence-electron chi connectivity index (χ3n) is 7.28. The second kappa shape index (κ2) is 8.79. The molecular weight excluding hydrogens is 456 g/mol. The van der Waals surface area contributed by atoms with Gasteiger partial charge in [0.05, 0.1) is 18.1 Å². The minimum atomic E-state index is -0.620. The molecule has 3 amide bonds. The van der Waals surface area contributed by atoms with E-state index in [4.69, 9.17) is 4.98 Å². The summed E-state index contributed by atoms with van der Waals surface area (Å²) in [5.74, 6) is 7.13. The van der Waals surface area contributed by atoms with Gasteiger partial charge in [-0.2, -0.15) is 5.10 Å². The molecule has 2 aromatic heterocycles. The lowest BCUT2D eigenvalue weighted by molar-refractivity contribution is -0.136. The summed E-state index contributed by atoms with van der Waals surface area (Å²) in [5.41, 5.74) is 4.23. The SMILES string of the molecule is Cc1cn2nccc2c(N2CCC(C#Cc3cccc4c3CN(C3CCC(=O)NC3=O)C4=O)CC2)n1. The summed E-state index contributed by atoms with van der Waals surface area (Å²) in [7, 11) is 0. The Hall–Kier alpha value is -4.19. The second-order valence-corrected chi connectivity index (χ2v) is 9.63. The van der Waals surface area contributed by atoms with Crippen LogP contribution >= 0.6 is 0 Å². The molecule has 2 fully saturated rings. The second-order valence-electron chi connectivity index (χ2n) is 9.63. The molecule has 36 heavy (non-hydrogen) atoms. The molecule has 3 aliphatic rings. The van der Waals surface area contributed by atoms with Gasteiger partial charge in [-0.05, 0) is 49.9 Å². The number of benzene rings is 1. The largest absolute Gasteiger partial charge is 0.355 e. The number of anilines is 1. The molecule has 0 radical (unpaired) electrons. The van der Waals surface area contributed by atoms with Gasteiger partial charge in [0, 0.05) is 43.1 Å². The molecule has 182 valence electrons. The van der Waals surface area contributed by atoms with E-state index in [1.165, 1.54) is 0 Å². The average molecular weight is 483 g/mol. The van der Waals surface area contributed by atoms with Gasteiger partial charge < -0.3 is 9.80 Å². The van der Waals surface area contributed by atoms with E-state index < -0.39 is 11.9 Å². The molecule has 9 heteroatoms. The molecule has 0 bridgehead atoms. The number of aromatic nitrogens is 3. The van der Waals surface area contributed by atoms with Crippen molar-refractivity contribution < 1.29 is 14.4 Å². The molecule has 0 saturated carbocycles. The van der Waals surface area contributed by atoms with Crippen LogP contribution in [0, 0.1) is 24.7 Å². The maximum absolute atomic E-state index is 13.0. The summed E-state index contributed by atoms with van der Waals surface area (Å²) >= 11 is 0. The van der Waals surface area contributed by atoms with Crippen LogP contribution in [0.25, 0.3) is 5.52 Å². The van der Waals surface area contributed by atoms with Crippen LogP contribution in [0.15, 0.2) is 36.7 Å². The molecule has 3 aliphatic heterocycles. The first-order chi connectivity index (χ1) is 17.5. The Morgan fingerprint density at radius 3 is 2.72 bits per heavy atom. The van der Waals surface area contributed by atoms with Gasteiger partial charge in [0.1, 0.15) is 11.6 Å². The van der Waals surface area contributed by atoms with Crippen molar-refractivity contribution in [1.29, 1.82) is 0 Å². The van der Waals surface area contributed by atoms with E-state index in [1.807, 2.05) is 35.8 Å². The average Bonchev–Trinajstić information content (AvgIpc) is 3.47. The fourth-order valence-corrected chi connectivity index (χ4v) is 5.38. The Morgan fingerprint density at radius 2 is 1.92 bits per heavy atom. The zero-order valence-corrected chi connectivity index (χ0v) is 20.0. The summed E-state index contributed by atoms with van der Waals surface area (Å²) in [6.07, 6.45) is 6.18. The van der Waals surface area contributed by atoms with E-state index >= 15 is 0 Å². The van der Waals surface area contributed by atoms with Crippen molar-refractivity contribution in [2.24, 2.45) is 5.92 Å². The highest BCUT2D eigenvalue weighted by molar-refractivity contribution is 6.05. The number of amides is 3. The van der Waals surface area contributed by atoms with Gasteiger partial charge in [0.2, 0.25) is 11.8 Å². The molecule has 9 nitrogen and oxygen atoms in total. The molecule has 0 aliphatic carbocycles. The fourth-order valence-electron chi connectivity index (χ4n) is 5.38. The molecule has 0 spiro atoms. The maximum Gasteiger partial charge on any atom is 0.255 e. The van der Waals surface area contributed by atoms with Crippen molar-refractivity contribution >= 4 is 29.1 Å². The first kappa shape index (κ1) is 22.3. The number of carbonyl (C=O) groups excluding carboxylic acids is 3. The number of rotatable bonds is 2. The predicted molar refractivity (Wildman–Crippen MR) is 132 cm³/mol. The lowest BCUT2D eigenvalue weighted by Crippen LogP contribution is -2.52. The number of nitrogens with one attached hydrogen (secondary N) is 1. The standard InChI is InChI=1S/C27H26N6O3/c1-17-15-33-22(9-12-28-33)25(29-17)31-13-10-18(11-14-31)5-6-19-3-2-4-20-21(19)16-32(27(20)36)23-7-8-24(34)30-26(23)35/h2-4,9,12,15,18,23H,7-8,10-11,13-14,16H2,1H3,(H,30,34,35). The number of nitrogens with zero attached hydrogens (tertiary/aromatic N) is 5. The van der Waals surface area contributed by atoms with Crippen LogP contribution in [-0.2, 0) is 16.1 Å². The Labute approximate surface area is 208 Å². The van der Waals surface area contributed by atoms with Crippen molar-refractivity contribution in [1.82, 2.24) is 24.8 Å². The molecule has 5 heterocycles.